The molecule has 7 nitrogen and oxygen atoms in total. The number of hydrogen-bond acceptors (Lipinski definition) is 5. The van der Waals surface area contributed by atoms with Crippen LogP contribution in [-0.4, -0.2) is 49.5 Å². The van der Waals surface area contributed by atoms with Crippen molar-refractivity contribution < 1.29 is 23.9 Å². The van der Waals surface area contributed by atoms with Gasteiger partial charge in [0.25, 0.3) is 17.7 Å². The molecule has 0 fully saturated rings. The Morgan fingerprint density at radius 3 is 2.56 bits per heavy atom. The van der Waals surface area contributed by atoms with E-state index in [0.29, 0.717) is 23.6 Å². The highest BCUT2D eigenvalue weighted by molar-refractivity contribution is 6.22. The Bertz CT molecular complexity index is 894. The van der Waals surface area contributed by atoms with Gasteiger partial charge in [0.05, 0.1) is 36.6 Å². The zero-order valence-electron chi connectivity index (χ0n) is 15.2. The van der Waals surface area contributed by atoms with E-state index in [1.54, 1.807) is 18.2 Å². The summed E-state index contributed by atoms with van der Waals surface area (Å²) in [4.78, 5) is 38.6. The lowest BCUT2D eigenvalue weighted by Gasteiger charge is -2.12. The van der Waals surface area contributed by atoms with Gasteiger partial charge in [-0.3, -0.25) is 19.3 Å². The molecular weight excluding hydrogens is 348 g/mol. The molecule has 1 aliphatic heterocycles. The number of methoxy groups -OCH3 is 1. The number of nitrogens with zero attached hydrogens (tertiary/aromatic N) is 1. The maximum absolute atomic E-state index is 12.6. The van der Waals surface area contributed by atoms with E-state index in [9.17, 15) is 14.4 Å². The summed E-state index contributed by atoms with van der Waals surface area (Å²) in [6, 6.07) is 11.6. The van der Waals surface area contributed by atoms with Gasteiger partial charge in [-0.15, -0.1) is 0 Å². The summed E-state index contributed by atoms with van der Waals surface area (Å²) in [7, 11) is 1.50. The molecule has 3 amide bonds. The van der Waals surface area contributed by atoms with Crippen LogP contribution in [0.3, 0.4) is 0 Å². The van der Waals surface area contributed by atoms with E-state index in [4.69, 9.17) is 9.47 Å². The number of rotatable bonds is 7. The molecule has 2 aromatic rings. The van der Waals surface area contributed by atoms with Crippen LogP contribution in [0.2, 0.25) is 0 Å². The molecule has 0 aromatic heterocycles. The van der Waals surface area contributed by atoms with E-state index < -0.39 is 5.91 Å². The van der Waals surface area contributed by atoms with Crippen LogP contribution in [-0.2, 0) is 4.74 Å². The van der Waals surface area contributed by atoms with Crippen LogP contribution in [0.15, 0.2) is 42.5 Å². The fourth-order valence-corrected chi connectivity index (χ4v) is 2.86. The van der Waals surface area contributed by atoms with Crippen LogP contribution in [0.25, 0.3) is 0 Å². The molecule has 27 heavy (non-hydrogen) atoms. The van der Waals surface area contributed by atoms with E-state index in [0.717, 1.165) is 4.90 Å². The zero-order valence-corrected chi connectivity index (χ0v) is 15.2. The molecule has 140 valence electrons. The first-order chi connectivity index (χ1) is 13.1. The molecule has 7 heteroatoms. The van der Waals surface area contributed by atoms with Crippen LogP contribution >= 0.6 is 0 Å². The third-order valence-electron chi connectivity index (χ3n) is 4.19. The van der Waals surface area contributed by atoms with Crippen LogP contribution in [0, 0.1) is 0 Å². The van der Waals surface area contributed by atoms with Crippen LogP contribution in [0.5, 0.6) is 5.75 Å². The molecule has 1 N–H and O–H groups in total. The van der Waals surface area contributed by atoms with E-state index in [1.165, 1.54) is 25.3 Å². The molecule has 0 bridgehead atoms. The number of ether oxygens (including phenoxy) is 2. The van der Waals surface area contributed by atoms with E-state index in [2.05, 4.69) is 5.32 Å². The van der Waals surface area contributed by atoms with E-state index >= 15 is 0 Å². The van der Waals surface area contributed by atoms with Gasteiger partial charge in [-0.05, 0) is 37.3 Å². The number of carbonyl (C=O) groups excluding carboxylic acids is 3. The minimum absolute atomic E-state index is 0.173. The normalized spacial score (nSPS) is 12.9. The SMILES string of the molecule is CCOc1ccccc1NC(=O)c1ccc2c(c1)C(=O)N(CCOC)C2=O. The summed E-state index contributed by atoms with van der Waals surface area (Å²) in [6.07, 6.45) is 0. The highest BCUT2D eigenvalue weighted by Gasteiger charge is 2.35. The Morgan fingerprint density at radius 2 is 1.81 bits per heavy atom. The molecule has 0 unspecified atom stereocenters. The number of hydrogen-bond donors (Lipinski definition) is 1. The molecule has 1 aliphatic rings. The fraction of sp³-hybridized carbons (Fsp3) is 0.250. The van der Waals surface area contributed by atoms with Crippen LogP contribution in [0.1, 0.15) is 38.0 Å². The second-order valence-electron chi connectivity index (χ2n) is 5.90. The molecule has 3 rings (SSSR count). The first-order valence-electron chi connectivity index (χ1n) is 8.59. The average molecular weight is 368 g/mol. The quantitative estimate of drug-likeness (QED) is 0.760. The van der Waals surface area contributed by atoms with Crippen molar-refractivity contribution in [3.63, 3.8) is 0 Å². The Kier molecular flexibility index (Phi) is 5.52. The minimum Gasteiger partial charge on any atom is -0.492 e. The maximum Gasteiger partial charge on any atom is 0.261 e. The topological polar surface area (TPSA) is 84.9 Å². The number of benzene rings is 2. The van der Waals surface area contributed by atoms with Gasteiger partial charge in [0.15, 0.2) is 0 Å². The Balaban J connectivity index is 1.82. The lowest BCUT2D eigenvalue weighted by molar-refractivity contribution is 0.0603. The molecule has 0 radical (unpaired) electrons. The second-order valence-corrected chi connectivity index (χ2v) is 5.90. The molecule has 0 saturated carbocycles. The largest absolute Gasteiger partial charge is 0.492 e. The van der Waals surface area contributed by atoms with Crippen molar-refractivity contribution >= 4 is 23.4 Å². The van der Waals surface area contributed by atoms with Gasteiger partial charge in [-0.2, -0.15) is 0 Å². The van der Waals surface area contributed by atoms with Gasteiger partial charge in [0.2, 0.25) is 0 Å². The Morgan fingerprint density at radius 1 is 1.07 bits per heavy atom. The number of nitrogens with one attached hydrogen (secondary N) is 1. The zero-order chi connectivity index (χ0) is 19.4. The van der Waals surface area contributed by atoms with Gasteiger partial charge in [0, 0.05) is 12.7 Å². The van der Waals surface area contributed by atoms with Crippen molar-refractivity contribution in [1.29, 1.82) is 0 Å². The number of fused-ring (bicyclic) bond motifs is 1. The Labute approximate surface area is 156 Å². The molecule has 1 heterocycles. The van der Waals surface area contributed by atoms with Crippen molar-refractivity contribution in [1.82, 2.24) is 4.90 Å². The first-order valence-corrected chi connectivity index (χ1v) is 8.59. The molecule has 0 aliphatic carbocycles. The van der Waals surface area contributed by atoms with Gasteiger partial charge in [-0.25, -0.2) is 0 Å². The minimum atomic E-state index is -0.420. The highest BCUT2D eigenvalue weighted by Crippen LogP contribution is 2.26. The smallest absolute Gasteiger partial charge is 0.261 e. The predicted octanol–water partition coefficient (Wildman–Crippen LogP) is 2.58. The summed E-state index contributed by atoms with van der Waals surface area (Å²) in [5.41, 5.74) is 1.34. The average Bonchev–Trinajstić information content (AvgIpc) is 2.92. The van der Waals surface area contributed by atoms with Crippen molar-refractivity contribution in [3.05, 3.63) is 59.2 Å². The van der Waals surface area contributed by atoms with Crippen molar-refractivity contribution in [2.45, 2.75) is 6.92 Å². The molecule has 0 atom stereocenters. The summed E-state index contributed by atoms with van der Waals surface area (Å²) in [5.74, 6) is -0.621. The van der Waals surface area contributed by atoms with Crippen molar-refractivity contribution in [3.8, 4) is 5.75 Å². The molecule has 0 saturated heterocycles. The maximum atomic E-state index is 12.6. The third-order valence-corrected chi connectivity index (χ3v) is 4.19. The summed E-state index contributed by atoms with van der Waals surface area (Å²) < 4.78 is 10.4. The van der Waals surface area contributed by atoms with Gasteiger partial charge < -0.3 is 14.8 Å². The number of amides is 3. The standard InChI is InChI=1S/C20H20N2O5/c1-3-27-17-7-5-4-6-16(17)21-18(23)13-8-9-14-15(12-13)20(25)22(19(14)24)10-11-26-2/h4-9,12H,3,10-11H2,1-2H3,(H,21,23). The second kappa shape index (κ2) is 8.01. The molecule has 0 spiro atoms. The van der Waals surface area contributed by atoms with Gasteiger partial charge in [-0.1, -0.05) is 12.1 Å². The predicted molar refractivity (Wildman–Crippen MR) is 99.2 cm³/mol. The fourth-order valence-electron chi connectivity index (χ4n) is 2.86. The first kappa shape index (κ1) is 18.6. The number of para-hydroxylation sites is 2. The van der Waals surface area contributed by atoms with E-state index in [1.807, 2.05) is 13.0 Å². The number of imide groups is 1. The molecule has 2 aromatic carbocycles. The lowest BCUT2D eigenvalue weighted by atomic mass is 10.1. The molecular formula is C20H20N2O5. The Hall–Kier alpha value is -3.19. The summed E-state index contributed by atoms with van der Waals surface area (Å²) in [6.45, 7) is 2.76. The number of anilines is 1. The number of carbonyl (C=O) groups is 3. The van der Waals surface area contributed by atoms with Crippen LogP contribution < -0.4 is 10.1 Å². The van der Waals surface area contributed by atoms with E-state index in [-0.39, 0.29) is 36.1 Å². The highest BCUT2D eigenvalue weighted by atomic mass is 16.5. The van der Waals surface area contributed by atoms with Crippen molar-refractivity contribution in [2.24, 2.45) is 0 Å². The van der Waals surface area contributed by atoms with Gasteiger partial charge in [0.1, 0.15) is 5.75 Å². The third kappa shape index (κ3) is 3.68. The van der Waals surface area contributed by atoms with Gasteiger partial charge >= 0.3 is 0 Å². The van der Waals surface area contributed by atoms with Crippen LogP contribution in [0.4, 0.5) is 5.69 Å². The summed E-state index contributed by atoms with van der Waals surface area (Å²) >= 11 is 0. The lowest BCUT2D eigenvalue weighted by Crippen LogP contribution is -2.32. The monoisotopic (exact) mass is 368 g/mol. The van der Waals surface area contributed by atoms with Crippen molar-refractivity contribution in [2.75, 3.05) is 32.2 Å². The summed E-state index contributed by atoms with van der Waals surface area (Å²) in [5, 5.41) is 2.78.